The van der Waals surface area contributed by atoms with Crippen molar-refractivity contribution < 1.29 is 4.52 Å². The van der Waals surface area contributed by atoms with Gasteiger partial charge in [0.2, 0.25) is 5.82 Å². The van der Waals surface area contributed by atoms with Crippen molar-refractivity contribution in [2.45, 2.75) is 13.5 Å². The highest BCUT2D eigenvalue weighted by Gasteiger charge is 2.13. The van der Waals surface area contributed by atoms with Gasteiger partial charge >= 0.3 is 0 Å². The van der Waals surface area contributed by atoms with Gasteiger partial charge in [0.15, 0.2) is 0 Å². The first-order chi connectivity index (χ1) is 10.8. The van der Waals surface area contributed by atoms with Crippen molar-refractivity contribution in [3.63, 3.8) is 0 Å². The van der Waals surface area contributed by atoms with E-state index in [1.807, 2.05) is 29.8 Å². The van der Waals surface area contributed by atoms with Gasteiger partial charge < -0.3 is 4.52 Å². The second-order valence-electron chi connectivity index (χ2n) is 4.62. The van der Waals surface area contributed by atoms with E-state index in [-0.39, 0.29) is 0 Å². The van der Waals surface area contributed by atoms with Crippen LogP contribution < -0.4 is 0 Å². The molecule has 108 valence electrons. The lowest BCUT2D eigenvalue weighted by molar-refractivity contribution is 0.431. The zero-order chi connectivity index (χ0) is 14.9. The lowest BCUT2D eigenvalue weighted by atomic mass is 10.2. The number of benzene rings is 1. The summed E-state index contributed by atoms with van der Waals surface area (Å²) in [7, 11) is 0. The molecule has 0 aliphatic rings. The molecule has 0 fully saturated rings. The number of hydrogen-bond donors (Lipinski definition) is 0. The van der Waals surface area contributed by atoms with Gasteiger partial charge in [-0.3, -0.25) is 4.98 Å². The second kappa shape index (κ2) is 4.99. The molecular weight excluding hydrogens is 282 g/mol. The number of aryl methyl sites for hydroxylation is 1. The van der Waals surface area contributed by atoms with E-state index >= 15 is 0 Å². The third-order valence-electron chi connectivity index (χ3n) is 3.28. The molecule has 0 atom stereocenters. The van der Waals surface area contributed by atoms with Gasteiger partial charge in [-0.2, -0.15) is 4.98 Å². The molecule has 1 aromatic carbocycles. The van der Waals surface area contributed by atoms with Crippen LogP contribution in [0.4, 0.5) is 0 Å². The van der Waals surface area contributed by atoms with Gasteiger partial charge in [-0.05, 0) is 25.1 Å². The number of aromatic nitrogens is 7. The summed E-state index contributed by atoms with van der Waals surface area (Å²) in [5, 5.41) is 12.2. The molecule has 8 nitrogen and oxygen atoms in total. The molecule has 0 aliphatic heterocycles. The number of fused-ring (bicyclic) bond motifs is 1. The maximum atomic E-state index is 5.24. The summed E-state index contributed by atoms with van der Waals surface area (Å²) in [5.41, 5.74) is 3.13. The summed E-state index contributed by atoms with van der Waals surface area (Å²) < 4.78 is 7.07. The second-order valence-corrected chi connectivity index (χ2v) is 4.62. The molecule has 0 spiro atoms. The van der Waals surface area contributed by atoms with Crippen LogP contribution in [0.2, 0.25) is 0 Å². The van der Waals surface area contributed by atoms with Crippen molar-refractivity contribution in [2.24, 2.45) is 0 Å². The molecule has 3 heterocycles. The average Bonchev–Trinajstić information content (AvgIpc) is 3.22. The van der Waals surface area contributed by atoms with Crippen molar-refractivity contribution >= 4 is 11.0 Å². The van der Waals surface area contributed by atoms with Crippen LogP contribution >= 0.6 is 0 Å². The molecule has 4 rings (SSSR count). The minimum absolute atomic E-state index is 0.334. The first-order valence-electron chi connectivity index (χ1n) is 6.79. The summed E-state index contributed by atoms with van der Waals surface area (Å²) in [6.45, 7) is 2.79. The third-order valence-corrected chi connectivity index (χ3v) is 3.28. The fourth-order valence-corrected chi connectivity index (χ4v) is 2.20. The Morgan fingerprint density at radius 3 is 3.00 bits per heavy atom. The molecule has 0 saturated heterocycles. The van der Waals surface area contributed by atoms with E-state index in [1.54, 1.807) is 18.6 Å². The highest BCUT2D eigenvalue weighted by Crippen LogP contribution is 2.23. The minimum atomic E-state index is 0.334. The maximum Gasteiger partial charge on any atom is 0.278 e. The first kappa shape index (κ1) is 12.6. The maximum absolute atomic E-state index is 5.24. The summed E-state index contributed by atoms with van der Waals surface area (Å²) in [5.74, 6) is 0.814. The molecule has 22 heavy (non-hydrogen) atoms. The molecule has 0 unspecified atom stereocenters. The number of rotatable bonds is 3. The van der Waals surface area contributed by atoms with Crippen LogP contribution in [-0.2, 0) is 6.54 Å². The highest BCUT2D eigenvalue weighted by molar-refractivity contribution is 5.80. The molecule has 8 heteroatoms. The number of hydrogen-bond acceptors (Lipinski definition) is 7. The largest absolute Gasteiger partial charge is 0.332 e. The Labute approximate surface area is 124 Å². The SMILES string of the molecule is CCn1nnc2cc(-c3noc(-c4cnccn4)n3)ccc21. The van der Waals surface area contributed by atoms with E-state index in [0.717, 1.165) is 23.1 Å². The molecule has 0 bridgehead atoms. The van der Waals surface area contributed by atoms with Crippen molar-refractivity contribution in [2.75, 3.05) is 0 Å². The van der Waals surface area contributed by atoms with E-state index in [9.17, 15) is 0 Å². The molecule has 0 saturated carbocycles. The molecule has 0 aliphatic carbocycles. The van der Waals surface area contributed by atoms with E-state index in [4.69, 9.17) is 4.52 Å². The van der Waals surface area contributed by atoms with E-state index in [0.29, 0.717) is 17.4 Å². The summed E-state index contributed by atoms with van der Waals surface area (Å²) in [4.78, 5) is 12.5. The van der Waals surface area contributed by atoms with E-state index < -0.39 is 0 Å². The Hall–Kier alpha value is -3.16. The molecule has 4 aromatic rings. The minimum Gasteiger partial charge on any atom is -0.332 e. The summed E-state index contributed by atoms with van der Waals surface area (Å²) in [6, 6.07) is 5.76. The van der Waals surface area contributed by atoms with Gasteiger partial charge in [0.1, 0.15) is 11.2 Å². The van der Waals surface area contributed by atoms with Crippen LogP contribution in [0.25, 0.3) is 34.0 Å². The Balaban J connectivity index is 1.75. The van der Waals surface area contributed by atoms with Gasteiger partial charge in [0, 0.05) is 24.5 Å². The highest BCUT2D eigenvalue weighted by atomic mass is 16.5. The van der Waals surface area contributed by atoms with Gasteiger partial charge in [-0.15, -0.1) is 5.10 Å². The van der Waals surface area contributed by atoms with Crippen LogP contribution in [0.3, 0.4) is 0 Å². The van der Waals surface area contributed by atoms with Gasteiger partial charge in [0.05, 0.1) is 11.7 Å². The van der Waals surface area contributed by atoms with E-state index in [2.05, 4.69) is 30.4 Å². The van der Waals surface area contributed by atoms with E-state index in [1.165, 1.54) is 0 Å². The summed E-state index contributed by atoms with van der Waals surface area (Å²) >= 11 is 0. The predicted octanol–water partition coefficient (Wildman–Crippen LogP) is 1.96. The first-order valence-corrected chi connectivity index (χ1v) is 6.79. The quantitative estimate of drug-likeness (QED) is 0.569. The van der Waals surface area contributed by atoms with Crippen molar-refractivity contribution in [1.82, 2.24) is 35.1 Å². The molecular formula is C14H11N7O. The van der Waals surface area contributed by atoms with Crippen LogP contribution in [0.5, 0.6) is 0 Å². The standard InChI is InChI=1S/C14H11N7O/c1-2-21-12-4-3-9(7-10(12)18-20-21)13-17-14(22-19-13)11-8-15-5-6-16-11/h3-8H,2H2,1H3. The average molecular weight is 293 g/mol. The lowest BCUT2D eigenvalue weighted by Gasteiger charge is -1.97. The van der Waals surface area contributed by atoms with Gasteiger partial charge in [0.25, 0.3) is 5.89 Å². The Bertz CT molecular complexity index is 929. The smallest absolute Gasteiger partial charge is 0.278 e. The van der Waals surface area contributed by atoms with Crippen LogP contribution in [0.15, 0.2) is 41.3 Å². The zero-order valence-corrected chi connectivity index (χ0v) is 11.7. The predicted molar refractivity (Wildman–Crippen MR) is 77.5 cm³/mol. The van der Waals surface area contributed by atoms with Crippen LogP contribution in [0.1, 0.15) is 6.92 Å². The van der Waals surface area contributed by atoms with Crippen LogP contribution in [-0.4, -0.2) is 35.1 Å². The molecule has 0 amide bonds. The fourth-order valence-electron chi connectivity index (χ4n) is 2.20. The summed E-state index contributed by atoms with van der Waals surface area (Å²) in [6.07, 6.45) is 4.74. The Morgan fingerprint density at radius 1 is 1.23 bits per heavy atom. The van der Waals surface area contributed by atoms with Crippen molar-refractivity contribution in [3.05, 3.63) is 36.8 Å². The fraction of sp³-hybridized carbons (Fsp3) is 0.143. The molecule has 0 N–H and O–H groups in total. The molecule has 0 radical (unpaired) electrons. The van der Waals surface area contributed by atoms with Crippen molar-refractivity contribution in [1.29, 1.82) is 0 Å². The van der Waals surface area contributed by atoms with Crippen molar-refractivity contribution in [3.8, 4) is 23.0 Å². The zero-order valence-electron chi connectivity index (χ0n) is 11.7. The Kier molecular flexibility index (Phi) is 2.85. The monoisotopic (exact) mass is 293 g/mol. The van der Waals surface area contributed by atoms with Gasteiger partial charge in [-0.25, -0.2) is 9.67 Å². The van der Waals surface area contributed by atoms with Crippen LogP contribution in [0, 0.1) is 0 Å². The molecule has 3 aromatic heterocycles. The van der Waals surface area contributed by atoms with Gasteiger partial charge in [-0.1, -0.05) is 10.4 Å². The normalized spacial score (nSPS) is 11.1. The third kappa shape index (κ3) is 2.01. The Morgan fingerprint density at radius 2 is 2.18 bits per heavy atom. The number of nitrogens with zero attached hydrogens (tertiary/aromatic N) is 7. The topological polar surface area (TPSA) is 95.4 Å². The lowest BCUT2D eigenvalue weighted by Crippen LogP contribution is -1.95.